The summed E-state index contributed by atoms with van der Waals surface area (Å²) in [6.07, 6.45) is 0.0571. The second-order valence-corrected chi connectivity index (χ2v) is 7.16. The summed E-state index contributed by atoms with van der Waals surface area (Å²) in [7, 11) is 0. The van der Waals surface area contributed by atoms with Crippen LogP contribution in [-0.4, -0.2) is 25.6 Å². The molecule has 3 aromatic rings. The van der Waals surface area contributed by atoms with Gasteiger partial charge in [-0.2, -0.15) is 0 Å². The van der Waals surface area contributed by atoms with E-state index in [0.717, 1.165) is 24.3 Å². The average molecular weight is 445 g/mol. The highest BCUT2D eigenvalue weighted by atomic mass is 35.5. The molecule has 30 heavy (non-hydrogen) atoms. The molecule has 7 heteroatoms. The molecule has 0 aromatic heterocycles. The number of hydrogen-bond donors (Lipinski definition) is 2. The Kier molecular flexibility index (Phi) is 7.71. The molecule has 5 nitrogen and oxygen atoms in total. The largest absolute Gasteiger partial charge is 0.457 e. The highest BCUT2D eigenvalue weighted by molar-refractivity contribution is 6.30. The van der Waals surface area contributed by atoms with Crippen LogP contribution in [0.2, 0.25) is 5.02 Å². The predicted octanol–water partition coefficient (Wildman–Crippen LogP) is 5.47. The maximum atomic E-state index is 12.5. The number of ether oxygens (including phenoxy) is 2. The SMILES string of the molecule is Cl.O=C(Nc1ccc([C@@H]2CNCCO2)cc1)c1ccc(Oc2ccc(Cl)cc2)cc1. The number of amides is 1. The number of morpholine rings is 1. The summed E-state index contributed by atoms with van der Waals surface area (Å²) in [4.78, 5) is 12.5. The number of rotatable bonds is 5. The van der Waals surface area contributed by atoms with Gasteiger partial charge in [-0.1, -0.05) is 23.7 Å². The van der Waals surface area contributed by atoms with E-state index in [1.165, 1.54) is 0 Å². The fourth-order valence-corrected chi connectivity index (χ4v) is 3.20. The third-order valence-corrected chi connectivity index (χ3v) is 4.89. The van der Waals surface area contributed by atoms with Gasteiger partial charge in [-0.3, -0.25) is 4.79 Å². The molecule has 1 saturated heterocycles. The van der Waals surface area contributed by atoms with E-state index >= 15 is 0 Å². The second kappa shape index (κ2) is 10.5. The Balaban J connectivity index is 0.00000256. The van der Waals surface area contributed by atoms with Crippen molar-refractivity contribution in [3.8, 4) is 11.5 Å². The van der Waals surface area contributed by atoms with Crippen LogP contribution >= 0.6 is 24.0 Å². The van der Waals surface area contributed by atoms with Gasteiger partial charge < -0.3 is 20.1 Å². The molecule has 0 spiro atoms. The monoisotopic (exact) mass is 444 g/mol. The van der Waals surface area contributed by atoms with Gasteiger partial charge >= 0.3 is 0 Å². The van der Waals surface area contributed by atoms with Gasteiger partial charge in [0, 0.05) is 29.4 Å². The molecule has 3 aromatic carbocycles. The van der Waals surface area contributed by atoms with E-state index in [2.05, 4.69) is 10.6 Å². The van der Waals surface area contributed by atoms with Gasteiger partial charge in [-0.25, -0.2) is 0 Å². The van der Waals surface area contributed by atoms with Crippen LogP contribution in [0.3, 0.4) is 0 Å². The number of carbonyl (C=O) groups is 1. The molecule has 156 valence electrons. The standard InChI is InChI=1S/C23H21ClN2O3.ClH/c24-18-5-11-21(12-6-18)29-20-9-3-17(4-10-20)23(27)26-19-7-1-16(2-8-19)22-15-25-13-14-28-22;/h1-12,22,25H,13-15H2,(H,26,27);1H/t22-;/m0./s1. The summed E-state index contributed by atoms with van der Waals surface area (Å²) in [5.74, 6) is 1.16. The van der Waals surface area contributed by atoms with Gasteiger partial charge in [0.25, 0.3) is 5.91 Å². The van der Waals surface area contributed by atoms with Crippen molar-refractivity contribution in [1.82, 2.24) is 5.32 Å². The maximum Gasteiger partial charge on any atom is 0.255 e. The van der Waals surface area contributed by atoms with E-state index in [1.54, 1.807) is 48.5 Å². The second-order valence-electron chi connectivity index (χ2n) is 6.72. The summed E-state index contributed by atoms with van der Waals surface area (Å²) in [5.41, 5.74) is 2.39. The van der Waals surface area contributed by atoms with Gasteiger partial charge in [-0.15, -0.1) is 12.4 Å². The minimum absolute atomic E-state index is 0. The zero-order valence-corrected chi connectivity index (χ0v) is 17.7. The van der Waals surface area contributed by atoms with Crippen molar-refractivity contribution in [2.75, 3.05) is 25.0 Å². The fourth-order valence-electron chi connectivity index (χ4n) is 3.08. The topological polar surface area (TPSA) is 59.6 Å². The number of halogens is 2. The normalized spacial score (nSPS) is 15.7. The first kappa shape index (κ1) is 22.1. The molecule has 0 aliphatic carbocycles. The highest BCUT2D eigenvalue weighted by Crippen LogP contribution is 2.24. The molecule has 1 fully saturated rings. The number of hydrogen-bond acceptors (Lipinski definition) is 4. The van der Waals surface area contributed by atoms with E-state index < -0.39 is 0 Å². The Morgan fingerprint density at radius 2 is 1.60 bits per heavy atom. The summed E-state index contributed by atoms with van der Waals surface area (Å²) in [5, 5.41) is 6.88. The molecule has 0 unspecified atom stereocenters. The Hall–Kier alpha value is -2.57. The van der Waals surface area contributed by atoms with Crippen LogP contribution in [0.4, 0.5) is 5.69 Å². The van der Waals surface area contributed by atoms with E-state index in [1.807, 2.05) is 24.3 Å². The van der Waals surface area contributed by atoms with Gasteiger partial charge in [-0.05, 0) is 66.2 Å². The molecule has 1 heterocycles. The van der Waals surface area contributed by atoms with Crippen molar-refractivity contribution in [1.29, 1.82) is 0 Å². The summed E-state index contributed by atoms with van der Waals surface area (Å²) < 4.78 is 11.5. The molecule has 0 bridgehead atoms. The molecule has 1 aliphatic heterocycles. The Bertz CT molecular complexity index is 955. The van der Waals surface area contributed by atoms with Gasteiger partial charge in [0.1, 0.15) is 11.5 Å². The molecule has 2 N–H and O–H groups in total. The minimum atomic E-state index is -0.175. The fraction of sp³-hybridized carbons (Fsp3) is 0.174. The van der Waals surface area contributed by atoms with Crippen molar-refractivity contribution >= 4 is 35.6 Å². The van der Waals surface area contributed by atoms with Crippen LogP contribution < -0.4 is 15.4 Å². The molecular weight excluding hydrogens is 423 g/mol. The first-order valence-corrected chi connectivity index (χ1v) is 9.82. The van der Waals surface area contributed by atoms with Gasteiger partial charge in [0.05, 0.1) is 12.7 Å². The van der Waals surface area contributed by atoms with E-state index in [0.29, 0.717) is 28.7 Å². The highest BCUT2D eigenvalue weighted by Gasteiger charge is 2.15. The molecule has 1 amide bonds. The van der Waals surface area contributed by atoms with E-state index in [-0.39, 0.29) is 24.4 Å². The molecule has 0 radical (unpaired) electrons. The third-order valence-electron chi connectivity index (χ3n) is 4.63. The van der Waals surface area contributed by atoms with Gasteiger partial charge in [0.2, 0.25) is 0 Å². The van der Waals surface area contributed by atoms with Gasteiger partial charge in [0.15, 0.2) is 0 Å². The average Bonchev–Trinajstić information content (AvgIpc) is 2.77. The zero-order valence-electron chi connectivity index (χ0n) is 16.1. The number of carbonyl (C=O) groups excluding carboxylic acids is 1. The van der Waals surface area contributed by atoms with Crippen LogP contribution in [0.15, 0.2) is 72.8 Å². The smallest absolute Gasteiger partial charge is 0.255 e. The van der Waals surface area contributed by atoms with Crippen molar-refractivity contribution in [2.24, 2.45) is 0 Å². The molecule has 1 atom stereocenters. The molecule has 4 rings (SSSR count). The predicted molar refractivity (Wildman–Crippen MR) is 121 cm³/mol. The zero-order chi connectivity index (χ0) is 20.1. The van der Waals surface area contributed by atoms with Crippen LogP contribution in [0, 0.1) is 0 Å². The number of anilines is 1. The first-order valence-electron chi connectivity index (χ1n) is 9.44. The molecular formula is C23H22Cl2N2O3. The Morgan fingerprint density at radius 3 is 2.20 bits per heavy atom. The van der Waals surface area contributed by atoms with Crippen molar-refractivity contribution in [3.05, 3.63) is 88.9 Å². The number of nitrogens with one attached hydrogen (secondary N) is 2. The lowest BCUT2D eigenvalue weighted by molar-refractivity contribution is 0.0277. The lowest BCUT2D eigenvalue weighted by Crippen LogP contribution is -2.33. The van der Waals surface area contributed by atoms with E-state index in [4.69, 9.17) is 21.1 Å². The Morgan fingerprint density at radius 1 is 0.967 bits per heavy atom. The first-order chi connectivity index (χ1) is 14.2. The van der Waals surface area contributed by atoms with Crippen molar-refractivity contribution < 1.29 is 14.3 Å². The summed E-state index contributed by atoms with van der Waals surface area (Å²) in [6, 6.07) is 21.9. The number of benzene rings is 3. The summed E-state index contributed by atoms with van der Waals surface area (Å²) in [6.45, 7) is 2.39. The molecule has 0 saturated carbocycles. The summed E-state index contributed by atoms with van der Waals surface area (Å²) >= 11 is 5.88. The lowest BCUT2D eigenvalue weighted by atomic mass is 10.1. The van der Waals surface area contributed by atoms with Crippen LogP contribution in [-0.2, 0) is 4.74 Å². The van der Waals surface area contributed by atoms with Crippen LogP contribution in [0.5, 0.6) is 11.5 Å². The lowest BCUT2D eigenvalue weighted by Gasteiger charge is -2.24. The van der Waals surface area contributed by atoms with Crippen molar-refractivity contribution in [2.45, 2.75) is 6.10 Å². The quantitative estimate of drug-likeness (QED) is 0.547. The minimum Gasteiger partial charge on any atom is -0.457 e. The van der Waals surface area contributed by atoms with Crippen LogP contribution in [0.1, 0.15) is 22.0 Å². The Labute approximate surface area is 186 Å². The van der Waals surface area contributed by atoms with Crippen molar-refractivity contribution in [3.63, 3.8) is 0 Å². The third kappa shape index (κ3) is 5.74. The maximum absolute atomic E-state index is 12.5. The van der Waals surface area contributed by atoms with E-state index in [9.17, 15) is 4.79 Å². The van der Waals surface area contributed by atoms with Crippen LogP contribution in [0.25, 0.3) is 0 Å². The molecule has 1 aliphatic rings.